The number of hydrogen-bond acceptors (Lipinski definition) is 3. The monoisotopic (exact) mass is 227 g/mol. The van der Waals surface area contributed by atoms with E-state index in [4.69, 9.17) is 0 Å². The average Bonchev–Trinajstić information content (AvgIpc) is 2.28. The van der Waals surface area contributed by atoms with E-state index in [1.165, 1.54) is 12.8 Å². The summed E-state index contributed by atoms with van der Waals surface area (Å²) >= 11 is 0. The lowest BCUT2D eigenvalue weighted by molar-refractivity contribution is -0.126. The van der Waals surface area contributed by atoms with Crippen LogP contribution >= 0.6 is 0 Å². The first-order chi connectivity index (χ1) is 7.65. The molecule has 1 atom stereocenters. The number of nitrogens with one attached hydrogen (secondary N) is 2. The van der Waals surface area contributed by atoms with Gasteiger partial charge in [-0.2, -0.15) is 0 Å². The van der Waals surface area contributed by atoms with E-state index in [1.54, 1.807) is 7.05 Å². The van der Waals surface area contributed by atoms with Gasteiger partial charge in [-0.15, -0.1) is 0 Å². The molecule has 0 aliphatic carbocycles. The van der Waals surface area contributed by atoms with E-state index in [-0.39, 0.29) is 11.9 Å². The Labute approximate surface area is 98.8 Å². The summed E-state index contributed by atoms with van der Waals surface area (Å²) in [5.74, 6) is 0.887. The Balaban J connectivity index is 2.38. The Bertz CT molecular complexity index is 218. The third-order valence-electron chi connectivity index (χ3n) is 3.13. The zero-order valence-electron chi connectivity index (χ0n) is 10.8. The minimum Gasteiger partial charge on any atom is -0.358 e. The molecule has 0 aromatic rings. The van der Waals surface area contributed by atoms with E-state index in [0.29, 0.717) is 0 Å². The molecule has 0 spiro atoms. The van der Waals surface area contributed by atoms with E-state index in [2.05, 4.69) is 29.4 Å². The Morgan fingerprint density at radius 2 is 2.31 bits per heavy atom. The van der Waals surface area contributed by atoms with Crippen molar-refractivity contribution in [2.75, 3.05) is 33.2 Å². The van der Waals surface area contributed by atoms with Gasteiger partial charge in [0.15, 0.2) is 0 Å². The third kappa shape index (κ3) is 4.10. The lowest BCUT2D eigenvalue weighted by Gasteiger charge is -2.34. The number of piperazine rings is 1. The molecule has 0 bridgehead atoms. The van der Waals surface area contributed by atoms with Gasteiger partial charge in [0.05, 0.1) is 0 Å². The largest absolute Gasteiger partial charge is 0.358 e. The minimum absolute atomic E-state index is 0.0194. The van der Waals surface area contributed by atoms with E-state index in [1.807, 2.05) is 0 Å². The molecule has 0 aromatic carbocycles. The van der Waals surface area contributed by atoms with Crippen molar-refractivity contribution in [3.63, 3.8) is 0 Å². The summed E-state index contributed by atoms with van der Waals surface area (Å²) in [5.41, 5.74) is 0. The standard InChI is InChI=1S/C12H25N3O/c1-10(2)5-4-7-15-8-6-14-9-11(15)12(16)13-3/h10-11,14H,4-9H2,1-3H3,(H,13,16). The summed E-state index contributed by atoms with van der Waals surface area (Å²) in [4.78, 5) is 14.0. The second kappa shape index (κ2) is 6.86. The normalized spacial score (nSPS) is 22.4. The first-order valence-electron chi connectivity index (χ1n) is 6.31. The molecule has 0 aromatic heterocycles. The highest BCUT2D eigenvalue weighted by Gasteiger charge is 2.27. The highest BCUT2D eigenvalue weighted by molar-refractivity contribution is 5.81. The molecule has 1 fully saturated rings. The summed E-state index contributed by atoms with van der Waals surface area (Å²) in [6.07, 6.45) is 2.43. The van der Waals surface area contributed by atoms with Crippen molar-refractivity contribution in [3.8, 4) is 0 Å². The minimum atomic E-state index is 0.0194. The number of hydrogen-bond donors (Lipinski definition) is 2. The van der Waals surface area contributed by atoms with E-state index >= 15 is 0 Å². The van der Waals surface area contributed by atoms with Crippen LogP contribution in [0, 0.1) is 5.92 Å². The van der Waals surface area contributed by atoms with E-state index in [9.17, 15) is 4.79 Å². The van der Waals surface area contributed by atoms with Gasteiger partial charge in [-0.1, -0.05) is 13.8 Å². The van der Waals surface area contributed by atoms with Crippen molar-refractivity contribution in [1.82, 2.24) is 15.5 Å². The van der Waals surface area contributed by atoms with Crippen LogP contribution in [0.5, 0.6) is 0 Å². The smallest absolute Gasteiger partial charge is 0.238 e. The molecular formula is C12H25N3O. The Hall–Kier alpha value is -0.610. The fourth-order valence-corrected chi connectivity index (χ4v) is 2.14. The fraction of sp³-hybridized carbons (Fsp3) is 0.917. The molecule has 2 N–H and O–H groups in total. The van der Waals surface area contributed by atoms with Crippen LogP contribution in [0.25, 0.3) is 0 Å². The Kier molecular flexibility index (Phi) is 5.77. The van der Waals surface area contributed by atoms with Crippen LogP contribution in [0.4, 0.5) is 0 Å². The quantitative estimate of drug-likeness (QED) is 0.716. The summed E-state index contributed by atoms with van der Waals surface area (Å²) in [7, 11) is 1.71. The van der Waals surface area contributed by atoms with Crippen molar-refractivity contribution in [3.05, 3.63) is 0 Å². The van der Waals surface area contributed by atoms with Crippen molar-refractivity contribution < 1.29 is 4.79 Å². The van der Waals surface area contributed by atoms with Crippen LogP contribution in [0.15, 0.2) is 0 Å². The first-order valence-corrected chi connectivity index (χ1v) is 6.31. The summed E-state index contributed by atoms with van der Waals surface area (Å²) < 4.78 is 0. The molecule has 1 saturated heterocycles. The summed E-state index contributed by atoms with van der Waals surface area (Å²) in [5, 5.41) is 6.02. The average molecular weight is 227 g/mol. The number of carbonyl (C=O) groups is 1. The zero-order chi connectivity index (χ0) is 12.0. The molecule has 1 unspecified atom stereocenters. The molecule has 1 aliphatic rings. The van der Waals surface area contributed by atoms with Crippen LogP contribution in [-0.2, 0) is 4.79 Å². The van der Waals surface area contributed by atoms with Gasteiger partial charge in [-0.05, 0) is 25.3 Å². The van der Waals surface area contributed by atoms with Gasteiger partial charge in [0.1, 0.15) is 6.04 Å². The summed E-state index contributed by atoms with van der Waals surface area (Å²) in [6.45, 7) is 8.28. The molecule has 0 radical (unpaired) electrons. The topological polar surface area (TPSA) is 44.4 Å². The fourth-order valence-electron chi connectivity index (χ4n) is 2.14. The van der Waals surface area contributed by atoms with Crippen molar-refractivity contribution >= 4 is 5.91 Å². The highest BCUT2D eigenvalue weighted by atomic mass is 16.2. The maximum Gasteiger partial charge on any atom is 0.238 e. The van der Waals surface area contributed by atoms with Gasteiger partial charge in [0.25, 0.3) is 0 Å². The molecule has 4 nitrogen and oxygen atoms in total. The molecule has 1 aliphatic heterocycles. The number of carbonyl (C=O) groups excluding carboxylic acids is 1. The van der Waals surface area contributed by atoms with E-state index in [0.717, 1.165) is 32.1 Å². The van der Waals surface area contributed by atoms with Crippen LogP contribution in [-0.4, -0.2) is 50.1 Å². The van der Waals surface area contributed by atoms with Gasteiger partial charge in [0, 0.05) is 26.7 Å². The van der Waals surface area contributed by atoms with Crippen LogP contribution < -0.4 is 10.6 Å². The Morgan fingerprint density at radius 3 is 2.94 bits per heavy atom. The molecular weight excluding hydrogens is 202 g/mol. The lowest BCUT2D eigenvalue weighted by atomic mass is 10.1. The Morgan fingerprint density at radius 1 is 1.56 bits per heavy atom. The lowest BCUT2D eigenvalue weighted by Crippen LogP contribution is -2.57. The second-order valence-corrected chi connectivity index (χ2v) is 4.91. The molecule has 94 valence electrons. The number of likely N-dealkylation sites (N-methyl/N-ethyl adjacent to an activating group) is 1. The van der Waals surface area contributed by atoms with Gasteiger partial charge in [-0.3, -0.25) is 9.69 Å². The van der Waals surface area contributed by atoms with E-state index < -0.39 is 0 Å². The van der Waals surface area contributed by atoms with Crippen LogP contribution in [0.3, 0.4) is 0 Å². The zero-order valence-corrected chi connectivity index (χ0v) is 10.8. The molecule has 1 heterocycles. The number of rotatable bonds is 5. The predicted octanol–water partition coefficient (Wildman–Crippen LogP) is 0.442. The maximum atomic E-state index is 11.7. The third-order valence-corrected chi connectivity index (χ3v) is 3.13. The number of nitrogens with zero attached hydrogens (tertiary/aromatic N) is 1. The van der Waals surface area contributed by atoms with Crippen molar-refractivity contribution in [1.29, 1.82) is 0 Å². The maximum absolute atomic E-state index is 11.7. The second-order valence-electron chi connectivity index (χ2n) is 4.91. The molecule has 0 saturated carbocycles. The molecule has 1 amide bonds. The van der Waals surface area contributed by atoms with Crippen LogP contribution in [0.1, 0.15) is 26.7 Å². The summed E-state index contributed by atoms with van der Waals surface area (Å²) in [6, 6.07) is 0.0194. The van der Waals surface area contributed by atoms with Crippen LogP contribution in [0.2, 0.25) is 0 Å². The molecule has 1 rings (SSSR count). The molecule has 16 heavy (non-hydrogen) atoms. The van der Waals surface area contributed by atoms with Gasteiger partial charge in [-0.25, -0.2) is 0 Å². The van der Waals surface area contributed by atoms with Crippen molar-refractivity contribution in [2.24, 2.45) is 5.92 Å². The van der Waals surface area contributed by atoms with Gasteiger partial charge < -0.3 is 10.6 Å². The van der Waals surface area contributed by atoms with Crippen molar-refractivity contribution in [2.45, 2.75) is 32.7 Å². The molecule has 4 heteroatoms. The van der Waals surface area contributed by atoms with Gasteiger partial charge in [0.2, 0.25) is 5.91 Å². The number of amides is 1. The predicted molar refractivity (Wildman–Crippen MR) is 66.4 cm³/mol. The SMILES string of the molecule is CNC(=O)C1CNCCN1CCCC(C)C. The van der Waals surface area contributed by atoms with Gasteiger partial charge >= 0.3 is 0 Å². The highest BCUT2D eigenvalue weighted by Crippen LogP contribution is 2.09. The first kappa shape index (κ1) is 13.5.